The number of anilines is 1. The van der Waals surface area contributed by atoms with Gasteiger partial charge in [0.2, 0.25) is 5.91 Å². The van der Waals surface area contributed by atoms with Gasteiger partial charge in [0, 0.05) is 12.3 Å². The van der Waals surface area contributed by atoms with Gasteiger partial charge in [-0.3, -0.25) is 4.79 Å². The van der Waals surface area contributed by atoms with Gasteiger partial charge in [-0.15, -0.1) is 11.3 Å². The van der Waals surface area contributed by atoms with E-state index in [2.05, 4.69) is 10.3 Å². The number of carbonyl (C=O) groups excluding carboxylic acids is 2. The highest BCUT2D eigenvalue weighted by Crippen LogP contribution is 2.20. The van der Waals surface area contributed by atoms with Crippen LogP contribution >= 0.6 is 11.3 Å². The molecule has 1 N–H and O–H groups in total. The number of benzene rings is 2. The minimum absolute atomic E-state index is 0.174. The Labute approximate surface area is 136 Å². The summed E-state index contributed by atoms with van der Waals surface area (Å²) >= 11 is 1.19. The van der Waals surface area contributed by atoms with E-state index in [0.29, 0.717) is 5.13 Å². The van der Waals surface area contributed by atoms with Crippen molar-refractivity contribution in [3.8, 4) is 0 Å². The highest BCUT2D eigenvalue weighted by Gasteiger charge is 2.13. The molecule has 0 spiro atoms. The summed E-state index contributed by atoms with van der Waals surface area (Å²) in [5.41, 5.74) is 1.13. The largest absolute Gasteiger partial charge is 0.456 e. The lowest BCUT2D eigenvalue weighted by Gasteiger charge is -2.07. The zero-order valence-electron chi connectivity index (χ0n) is 12.4. The third kappa shape index (κ3) is 3.54. The predicted octanol–water partition coefficient (Wildman–Crippen LogP) is 3.61. The van der Waals surface area contributed by atoms with Crippen molar-refractivity contribution < 1.29 is 14.3 Å². The smallest absolute Gasteiger partial charge is 0.358 e. The van der Waals surface area contributed by atoms with Crippen molar-refractivity contribution in [3.05, 3.63) is 59.1 Å². The van der Waals surface area contributed by atoms with Crippen LogP contribution in [0.15, 0.2) is 47.8 Å². The number of aromatic nitrogens is 1. The van der Waals surface area contributed by atoms with Crippen molar-refractivity contribution in [2.75, 3.05) is 5.32 Å². The SMILES string of the molecule is CC(=O)Nc1nc(C(=O)OCc2cccc3ccccc23)cs1. The molecule has 5 nitrogen and oxygen atoms in total. The second-order valence-corrected chi connectivity index (χ2v) is 5.79. The highest BCUT2D eigenvalue weighted by molar-refractivity contribution is 7.14. The lowest BCUT2D eigenvalue weighted by Crippen LogP contribution is -2.08. The van der Waals surface area contributed by atoms with Crippen LogP contribution in [0.1, 0.15) is 23.0 Å². The van der Waals surface area contributed by atoms with Gasteiger partial charge in [-0.2, -0.15) is 0 Å². The molecule has 0 radical (unpaired) electrons. The first kappa shape index (κ1) is 15.2. The molecule has 0 bridgehead atoms. The Morgan fingerprint density at radius 2 is 1.96 bits per heavy atom. The number of esters is 1. The number of rotatable bonds is 4. The van der Waals surface area contributed by atoms with E-state index in [0.717, 1.165) is 16.3 Å². The van der Waals surface area contributed by atoms with E-state index in [1.54, 1.807) is 5.38 Å². The molecule has 0 unspecified atom stereocenters. The van der Waals surface area contributed by atoms with Crippen LogP contribution in [-0.4, -0.2) is 16.9 Å². The zero-order valence-corrected chi connectivity index (χ0v) is 13.2. The van der Waals surface area contributed by atoms with Crippen molar-refractivity contribution in [1.29, 1.82) is 0 Å². The summed E-state index contributed by atoms with van der Waals surface area (Å²) in [7, 11) is 0. The number of amides is 1. The fraction of sp³-hybridized carbons (Fsp3) is 0.118. The Balaban J connectivity index is 1.71. The summed E-state index contributed by atoms with van der Waals surface area (Å²) < 4.78 is 5.33. The summed E-state index contributed by atoms with van der Waals surface area (Å²) in [5.74, 6) is -0.735. The van der Waals surface area contributed by atoms with Gasteiger partial charge in [-0.25, -0.2) is 9.78 Å². The van der Waals surface area contributed by atoms with E-state index < -0.39 is 5.97 Å². The number of nitrogens with zero attached hydrogens (tertiary/aromatic N) is 1. The summed E-state index contributed by atoms with van der Waals surface area (Å²) in [6.45, 7) is 1.56. The van der Waals surface area contributed by atoms with E-state index in [1.807, 2.05) is 42.5 Å². The first-order chi connectivity index (χ1) is 11.1. The van der Waals surface area contributed by atoms with E-state index in [9.17, 15) is 9.59 Å². The molecular weight excluding hydrogens is 312 g/mol. The molecule has 116 valence electrons. The highest BCUT2D eigenvalue weighted by atomic mass is 32.1. The minimum atomic E-state index is -0.509. The van der Waals surface area contributed by atoms with Gasteiger partial charge in [-0.1, -0.05) is 42.5 Å². The van der Waals surface area contributed by atoms with Gasteiger partial charge in [0.25, 0.3) is 0 Å². The van der Waals surface area contributed by atoms with E-state index in [-0.39, 0.29) is 18.2 Å². The fourth-order valence-electron chi connectivity index (χ4n) is 2.21. The van der Waals surface area contributed by atoms with E-state index in [4.69, 9.17) is 4.74 Å². The molecule has 6 heteroatoms. The molecule has 0 atom stereocenters. The Morgan fingerprint density at radius 1 is 1.17 bits per heavy atom. The quantitative estimate of drug-likeness (QED) is 0.744. The van der Waals surface area contributed by atoms with Crippen molar-refractivity contribution in [2.45, 2.75) is 13.5 Å². The summed E-state index contributed by atoms with van der Waals surface area (Å²) in [5, 5.41) is 6.64. The van der Waals surface area contributed by atoms with Crippen LogP contribution in [0.3, 0.4) is 0 Å². The summed E-state index contributed by atoms with van der Waals surface area (Å²) in [6.07, 6.45) is 0. The average Bonchev–Trinajstić information content (AvgIpc) is 3.00. The Bertz CT molecular complexity index is 868. The Morgan fingerprint density at radius 3 is 2.78 bits per heavy atom. The summed E-state index contributed by atoms with van der Waals surface area (Å²) in [4.78, 5) is 27.1. The zero-order chi connectivity index (χ0) is 16.2. The van der Waals surface area contributed by atoms with E-state index in [1.165, 1.54) is 18.3 Å². The molecule has 0 saturated carbocycles. The van der Waals surface area contributed by atoms with Gasteiger partial charge in [-0.05, 0) is 16.3 Å². The van der Waals surface area contributed by atoms with Gasteiger partial charge < -0.3 is 10.1 Å². The fourth-order valence-corrected chi connectivity index (χ4v) is 2.94. The lowest BCUT2D eigenvalue weighted by atomic mass is 10.1. The average molecular weight is 326 g/mol. The molecule has 3 aromatic rings. The maximum absolute atomic E-state index is 12.1. The monoisotopic (exact) mass is 326 g/mol. The first-order valence-electron chi connectivity index (χ1n) is 7.00. The first-order valence-corrected chi connectivity index (χ1v) is 7.88. The second kappa shape index (κ2) is 6.58. The molecular formula is C17H14N2O3S. The molecule has 1 heterocycles. The van der Waals surface area contributed by atoms with Gasteiger partial charge in [0.15, 0.2) is 10.8 Å². The van der Waals surface area contributed by atoms with Crippen LogP contribution in [0.5, 0.6) is 0 Å². The van der Waals surface area contributed by atoms with Crippen LogP contribution < -0.4 is 5.32 Å². The topological polar surface area (TPSA) is 68.3 Å². The van der Waals surface area contributed by atoms with Crippen LogP contribution in [0.2, 0.25) is 0 Å². The van der Waals surface area contributed by atoms with Gasteiger partial charge in [0.05, 0.1) is 0 Å². The van der Waals surface area contributed by atoms with Crippen molar-refractivity contribution in [3.63, 3.8) is 0 Å². The van der Waals surface area contributed by atoms with Crippen LogP contribution in [0, 0.1) is 0 Å². The van der Waals surface area contributed by atoms with E-state index >= 15 is 0 Å². The number of fused-ring (bicyclic) bond motifs is 1. The minimum Gasteiger partial charge on any atom is -0.456 e. The Kier molecular flexibility index (Phi) is 4.34. The molecule has 0 aliphatic carbocycles. The molecule has 0 saturated heterocycles. The predicted molar refractivity (Wildman–Crippen MR) is 89.5 cm³/mol. The van der Waals surface area contributed by atoms with Crippen LogP contribution in [0.25, 0.3) is 10.8 Å². The Hall–Kier alpha value is -2.73. The molecule has 1 amide bonds. The maximum Gasteiger partial charge on any atom is 0.358 e. The van der Waals surface area contributed by atoms with Gasteiger partial charge >= 0.3 is 5.97 Å². The summed E-state index contributed by atoms with van der Waals surface area (Å²) in [6, 6.07) is 13.8. The van der Waals surface area contributed by atoms with Crippen LogP contribution in [-0.2, 0) is 16.1 Å². The standard InChI is InChI=1S/C17H14N2O3S/c1-11(20)18-17-19-15(10-23-17)16(21)22-9-13-7-4-6-12-5-2-3-8-14(12)13/h2-8,10H,9H2,1H3,(H,18,19,20). The lowest BCUT2D eigenvalue weighted by molar-refractivity contribution is -0.114. The third-order valence-corrected chi connectivity index (χ3v) is 3.99. The maximum atomic E-state index is 12.1. The number of carbonyl (C=O) groups is 2. The molecule has 3 rings (SSSR count). The number of hydrogen-bond donors (Lipinski definition) is 1. The molecule has 0 aliphatic heterocycles. The second-order valence-electron chi connectivity index (χ2n) is 4.93. The van der Waals surface area contributed by atoms with Gasteiger partial charge in [0.1, 0.15) is 6.61 Å². The molecule has 0 aliphatic rings. The normalized spacial score (nSPS) is 10.5. The number of thiazole rings is 1. The third-order valence-electron chi connectivity index (χ3n) is 3.23. The number of nitrogens with one attached hydrogen (secondary N) is 1. The molecule has 0 fully saturated rings. The molecule has 23 heavy (non-hydrogen) atoms. The van der Waals surface area contributed by atoms with Crippen molar-refractivity contribution >= 4 is 39.1 Å². The van der Waals surface area contributed by atoms with Crippen molar-refractivity contribution in [2.24, 2.45) is 0 Å². The van der Waals surface area contributed by atoms with Crippen LogP contribution in [0.4, 0.5) is 5.13 Å². The molecule has 1 aromatic heterocycles. The number of hydrogen-bond acceptors (Lipinski definition) is 5. The van der Waals surface area contributed by atoms with Crippen molar-refractivity contribution in [1.82, 2.24) is 4.98 Å². The molecule has 2 aromatic carbocycles. The number of ether oxygens (including phenoxy) is 1.